The summed E-state index contributed by atoms with van der Waals surface area (Å²) < 4.78 is 18.1. The predicted molar refractivity (Wildman–Crippen MR) is 119 cm³/mol. The van der Waals surface area contributed by atoms with Crippen LogP contribution in [0.5, 0.6) is 0 Å². The van der Waals surface area contributed by atoms with Gasteiger partial charge in [-0.15, -0.1) is 24.0 Å². The first-order valence-electron chi connectivity index (χ1n) is 8.88. The van der Waals surface area contributed by atoms with E-state index in [4.69, 9.17) is 0 Å². The lowest BCUT2D eigenvalue weighted by Crippen LogP contribution is -2.37. The zero-order chi connectivity index (χ0) is 19.1. The number of nitrogens with zero attached hydrogens (tertiary/aromatic N) is 5. The standard InChI is InChI=1S/C19H24FN7.HI/c1-15-22-9-12-27(15)18-6-5-16(13-17(18)20)14-24-19(21-2)23-7-3-10-26-11-4-8-25-26;/h4-6,8-9,11-13H,3,7,10,14H2,1-2H3,(H2,21,23,24);1H. The maximum Gasteiger partial charge on any atom is 0.191 e. The number of aromatic nitrogens is 4. The molecule has 0 fully saturated rings. The number of imidazole rings is 1. The van der Waals surface area contributed by atoms with E-state index in [1.54, 1.807) is 36.3 Å². The van der Waals surface area contributed by atoms with Gasteiger partial charge in [0.2, 0.25) is 0 Å². The predicted octanol–water partition coefficient (Wildman–Crippen LogP) is 2.89. The van der Waals surface area contributed by atoms with Crippen LogP contribution in [-0.4, -0.2) is 38.9 Å². The summed E-state index contributed by atoms with van der Waals surface area (Å²) in [5.74, 6) is 1.16. The molecule has 3 rings (SSSR count). The van der Waals surface area contributed by atoms with E-state index in [0.717, 1.165) is 30.9 Å². The third-order valence-electron chi connectivity index (χ3n) is 4.20. The van der Waals surface area contributed by atoms with Gasteiger partial charge in [-0.3, -0.25) is 9.67 Å². The molecule has 2 aromatic heterocycles. The largest absolute Gasteiger partial charge is 0.356 e. The highest BCUT2D eigenvalue weighted by Crippen LogP contribution is 2.16. The molecule has 0 aliphatic carbocycles. The van der Waals surface area contributed by atoms with Gasteiger partial charge in [0.25, 0.3) is 0 Å². The smallest absolute Gasteiger partial charge is 0.191 e. The first-order valence-corrected chi connectivity index (χ1v) is 8.88. The lowest BCUT2D eigenvalue weighted by atomic mass is 10.2. The molecule has 0 bridgehead atoms. The molecule has 0 atom stereocenters. The van der Waals surface area contributed by atoms with Gasteiger partial charge in [0.1, 0.15) is 11.6 Å². The van der Waals surface area contributed by atoms with Gasteiger partial charge in [-0.1, -0.05) is 6.07 Å². The van der Waals surface area contributed by atoms with Crippen molar-refractivity contribution in [3.63, 3.8) is 0 Å². The van der Waals surface area contributed by atoms with Gasteiger partial charge >= 0.3 is 0 Å². The van der Waals surface area contributed by atoms with E-state index in [-0.39, 0.29) is 29.8 Å². The molecular formula is C19H25FIN7. The molecule has 7 nitrogen and oxygen atoms in total. The molecule has 2 heterocycles. The minimum Gasteiger partial charge on any atom is -0.356 e. The molecule has 0 amide bonds. The molecule has 3 aromatic rings. The molecular weight excluding hydrogens is 472 g/mol. The minimum absolute atomic E-state index is 0. The zero-order valence-corrected chi connectivity index (χ0v) is 18.3. The van der Waals surface area contributed by atoms with Crippen LogP contribution in [0.4, 0.5) is 4.39 Å². The van der Waals surface area contributed by atoms with Crippen LogP contribution in [0.1, 0.15) is 17.8 Å². The van der Waals surface area contributed by atoms with E-state index >= 15 is 0 Å². The SMILES string of the molecule is CN=C(NCCCn1cccn1)NCc1ccc(-n2ccnc2C)c(F)c1.I. The van der Waals surface area contributed by atoms with E-state index in [2.05, 4.69) is 25.7 Å². The van der Waals surface area contributed by atoms with Gasteiger partial charge in [-0.2, -0.15) is 5.10 Å². The fraction of sp³-hybridized carbons (Fsp3) is 0.316. The number of benzene rings is 1. The number of aryl methyl sites for hydroxylation is 2. The third-order valence-corrected chi connectivity index (χ3v) is 4.20. The summed E-state index contributed by atoms with van der Waals surface area (Å²) in [6.07, 6.45) is 8.05. The van der Waals surface area contributed by atoms with Crippen LogP contribution < -0.4 is 10.6 Å². The summed E-state index contributed by atoms with van der Waals surface area (Å²) in [7, 11) is 1.72. The van der Waals surface area contributed by atoms with Crippen LogP contribution in [0.3, 0.4) is 0 Å². The van der Waals surface area contributed by atoms with Crippen LogP contribution in [0.25, 0.3) is 5.69 Å². The normalized spacial score (nSPS) is 11.2. The maximum atomic E-state index is 14.5. The Morgan fingerprint density at radius 2 is 2.07 bits per heavy atom. The molecule has 0 saturated heterocycles. The Morgan fingerprint density at radius 1 is 1.21 bits per heavy atom. The first kappa shape index (κ1) is 21.9. The molecule has 28 heavy (non-hydrogen) atoms. The Labute approximate surface area is 181 Å². The van der Waals surface area contributed by atoms with Crippen molar-refractivity contribution in [3.8, 4) is 5.69 Å². The molecule has 0 saturated carbocycles. The van der Waals surface area contributed by atoms with Crippen molar-refractivity contribution >= 4 is 29.9 Å². The third kappa shape index (κ3) is 5.78. The van der Waals surface area contributed by atoms with Crippen molar-refractivity contribution in [2.24, 2.45) is 4.99 Å². The Kier molecular flexibility index (Phi) is 8.42. The van der Waals surface area contributed by atoms with Crippen molar-refractivity contribution in [2.75, 3.05) is 13.6 Å². The maximum absolute atomic E-state index is 14.5. The summed E-state index contributed by atoms with van der Waals surface area (Å²) in [5.41, 5.74) is 1.34. The van der Waals surface area contributed by atoms with E-state index in [0.29, 0.717) is 18.2 Å². The number of aliphatic imine (C=N–C) groups is 1. The summed E-state index contributed by atoms with van der Waals surface area (Å²) in [5, 5.41) is 10.6. The Hall–Kier alpha value is -2.43. The van der Waals surface area contributed by atoms with E-state index in [9.17, 15) is 4.39 Å². The van der Waals surface area contributed by atoms with E-state index in [1.807, 2.05) is 29.9 Å². The molecule has 2 N–H and O–H groups in total. The van der Waals surface area contributed by atoms with E-state index < -0.39 is 0 Å². The molecule has 9 heteroatoms. The second-order valence-electron chi connectivity index (χ2n) is 6.11. The Bertz CT molecular complexity index is 890. The van der Waals surface area contributed by atoms with Crippen molar-refractivity contribution in [3.05, 3.63) is 66.3 Å². The van der Waals surface area contributed by atoms with Crippen molar-refractivity contribution in [1.29, 1.82) is 0 Å². The second kappa shape index (κ2) is 10.8. The number of hydrogen-bond donors (Lipinski definition) is 2. The summed E-state index contributed by atoms with van der Waals surface area (Å²) >= 11 is 0. The summed E-state index contributed by atoms with van der Waals surface area (Å²) in [6, 6.07) is 7.11. The highest BCUT2D eigenvalue weighted by atomic mass is 127. The van der Waals surface area contributed by atoms with Gasteiger partial charge < -0.3 is 15.2 Å². The lowest BCUT2D eigenvalue weighted by molar-refractivity contribution is 0.570. The quantitative estimate of drug-likeness (QED) is 0.228. The van der Waals surface area contributed by atoms with Crippen molar-refractivity contribution in [1.82, 2.24) is 30.0 Å². The number of nitrogens with one attached hydrogen (secondary N) is 2. The van der Waals surface area contributed by atoms with Crippen molar-refractivity contribution < 1.29 is 4.39 Å². The number of rotatable bonds is 7. The van der Waals surface area contributed by atoms with Crippen LogP contribution in [0.15, 0.2) is 54.0 Å². The lowest BCUT2D eigenvalue weighted by Gasteiger charge is -2.13. The van der Waals surface area contributed by atoms with Gasteiger partial charge in [0.15, 0.2) is 5.96 Å². The van der Waals surface area contributed by atoms with Crippen molar-refractivity contribution in [2.45, 2.75) is 26.4 Å². The fourth-order valence-corrected chi connectivity index (χ4v) is 2.78. The minimum atomic E-state index is -0.280. The topological polar surface area (TPSA) is 72.1 Å². The van der Waals surface area contributed by atoms with Gasteiger partial charge in [0, 0.05) is 51.5 Å². The number of halogens is 2. The zero-order valence-electron chi connectivity index (χ0n) is 16.0. The summed E-state index contributed by atoms with van der Waals surface area (Å²) in [6.45, 7) is 3.94. The fourth-order valence-electron chi connectivity index (χ4n) is 2.78. The Balaban J connectivity index is 0.00000280. The first-order chi connectivity index (χ1) is 13.2. The molecule has 0 unspecified atom stereocenters. The summed E-state index contributed by atoms with van der Waals surface area (Å²) in [4.78, 5) is 8.33. The van der Waals surface area contributed by atoms with Crippen LogP contribution in [-0.2, 0) is 13.1 Å². The van der Waals surface area contributed by atoms with Gasteiger partial charge in [-0.25, -0.2) is 9.37 Å². The average Bonchev–Trinajstić information content (AvgIpc) is 3.33. The highest BCUT2D eigenvalue weighted by molar-refractivity contribution is 14.0. The number of hydrogen-bond acceptors (Lipinski definition) is 3. The van der Waals surface area contributed by atoms with Crippen LogP contribution in [0.2, 0.25) is 0 Å². The van der Waals surface area contributed by atoms with Gasteiger partial charge in [-0.05, 0) is 37.1 Å². The molecule has 150 valence electrons. The molecule has 0 radical (unpaired) electrons. The molecule has 0 aliphatic heterocycles. The second-order valence-corrected chi connectivity index (χ2v) is 6.11. The van der Waals surface area contributed by atoms with Crippen LogP contribution in [0, 0.1) is 12.7 Å². The highest BCUT2D eigenvalue weighted by Gasteiger charge is 2.08. The van der Waals surface area contributed by atoms with E-state index in [1.165, 1.54) is 6.07 Å². The average molecular weight is 497 g/mol. The molecule has 1 aromatic carbocycles. The molecule has 0 spiro atoms. The monoisotopic (exact) mass is 497 g/mol. The molecule has 0 aliphatic rings. The Morgan fingerprint density at radius 3 is 2.71 bits per heavy atom. The van der Waals surface area contributed by atoms with Crippen LogP contribution >= 0.6 is 24.0 Å². The number of guanidine groups is 1. The van der Waals surface area contributed by atoms with Gasteiger partial charge in [0.05, 0.1) is 5.69 Å².